The van der Waals surface area contributed by atoms with E-state index in [0.29, 0.717) is 6.07 Å². The number of allylic oxidation sites excluding steroid dienone is 1. The number of aromatic nitrogens is 2. The van der Waals surface area contributed by atoms with E-state index in [1.165, 1.54) is 19.4 Å². The fraction of sp³-hybridized carbons (Fsp3) is 0.174. The highest BCUT2D eigenvalue weighted by atomic mass is 35.5. The van der Waals surface area contributed by atoms with E-state index in [4.69, 9.17) is 40.5 Å². The standard InChI is InChI=1S/C23H15Cl3F7N5O/c1-38(21-35-8-12(34)9-36-21)37-20(39)13-3-2-10(4-15(13)23(31,32)33)18(27)7-14(22(28,29)30)11-5-16(24)19(26)17(25)6-11/h2-9,14H,34H2,1H3,(H,37,39)/b18-7-. The Morgan fingerprint density at radius 2 is 1.59 bits per heavy atom. The molecule has 0 radical (unpaired) electrons. The van der Waals surface area contributed by atoms with Crippen LogP contribution in [0.25, 0.3) is 5.83 Å². The van der Waals surface area contributed by atoms with Gasteiger partial charge in [0, 0.05) is 12.6 Å². The van der Waals surface area contributed by atoms with Gasteiger partial charge in [-0.3, -0.25) is 15.2 Å². The molecule has 16 heteroatoms. The van der Waals surface area contributed by atoms with Crippen molar-refractivity contribution >= 4 is 58.2 Å². The molecule has 2 aromatic carbocycles. The second kappa shape index (κ2) is 11.4. The van der Waals surface area contributed by atoms with Crippen LogP contribution in [0.15, 0.2) is 48.8 Å². The van der Waals surface area contributed by atoms with E-state index in [2.05, 4.69) is 15.4 Å². The van der Waals surface area contributed by atoms with Crippen LogP contribution in [0.3, 0.4) is 0 Å². The van der Waals surface area contributed by atoms with Crippen LogP contribution in [0.1, 0.15) is 33.0 Å². The number of rotatable bonds is 6. The van der Waals surface area contributed by atoms with Crippen molar-refractivity contribution in [3.8, 4) is 0 Å². The summed E-state index contributed by atoms with van der Waals surface area (Å²) in [6, 6.07) is 3.19. The van der Waals surface area contributed by atoms with Crippen LogP contribution in [-0.2, 0) is 6.18 Å². The number of hydrogen-bond donors (Lipinski definition) is 2. The lowest BCUT2D eigenvalue weighted by molar-refractivity contribution is -0.140. The monoisotopic (exact) mass is 615 g/mol. The zero-order valence-electron chi connectivity index (χ0n) is 19.3. The largest absolute Gasteiger partial charge is 0.417 e. The molecular weight excluding hydrogens is 602 g/mol. The Kier molecular flexibility index (Phi) is 8.88. The van der Waals surface area contributed by atoms with E-state index in [1.54, 1.807) is 0 Å². The fourth-order valence-electron chi connectivity index (χ4n) is 3.27. The minimum atomic E-state index is -5.18. The Balaban J connectivity index is 2.00. The number of nitrogen functional groups attached to an aromatic ring is 1. The molecule has 0 spiro atoms. The molecule has 208 valence electrons. The molecule has 0 aliphatic rings. The SMILES string of the molecule is CN(NC(=O)c1ccc(/C(F)=C/C(c2cc(Cl)c(Cl)c(Cl)c2)C(F)(F)F)cc1C(F)(F)F)c1ncc(N)cn1. The summed E-state index contributed by atoms with van der Waals surface area (Å²) in [6.45, 7) is 0. The quantitative estimate of drug-likeness (QED) is 0.171. The number of alkyl halides is 6. The summed E-state index contributed by atoms with van der Waals surface area (Å²) < 4.78 is 97.8. The molecule has 1 amide bonds. The Labute approximate surface area is 231 Å². The predicted molar refractivity (Wildman–Crippen MR) is 133 cm³/mol. The highest BCUT2D eigenvalue weighted by molar-refractivity contribution is 6.48. The van der Waals surface area contributed by atoms with Crippen molar-refractivity contribution in [1.82, 2.24) is 15.4 Å². The van der Waals surface area contributed by atoms with Gasteiger partial charge in [-0.1, -0.05) is 40.9 Å². The first-order valence-corrected chi connectivity index (χ1v) is 11.5. The summed E-state index contributed by atoms with van der Waals surface area (Å²) in [6.07, 6.45) is -7.82. The molecule has 3 N–H and O–H groups in total. The molecule has 0 saturated heterocycles. The third-order valence-corrected chi connectivity index (χ3v) is 6.30. The first-order valence-electron chi connectivity index (χ1n) is 10.4. The molecule has 0 saturated carbocycles. The van der Waals surface area contributed by atoms with Crippen LogP contribution in [0.4, 0.5) is 42.4 Å². The summed E-state index contributed by atoms with van der Waals surface area (Å²) in [5, 5.41) is -0.00516. The minimum Gasteiger partial charge on any atom is -0.396 e. The molecule has 1 atom stereocenters. The lowest BCUT2D eigenvalue weighted by Gasteiger charge is -2.20. The van der Waals surface area contributed by atoms with Crippen molar-refractivity contribution in [3.63, 3.8) is 0 Å². The van der Waals surface area contributed by atoms with Crippen molar-refractivity contribution in [3.05, 3.63) is 86.1 Å². The van der Waals surface area contributed by atoms with Gasteiger partial charge >= 0.3 is 12.4 Å². The Bertz CT molecular complexity index is 1390. The molecule has 0 aliphatic carbocycles. The predicted octanol–water partition coefficient (Wildman–Crippen LogP) is 7.48. The van der Waals surface area contributed by atoms with Gasteiger partial charge in [0.1, 0.15) is 11.7 Å². The average molecular weight is 617 g/mol. The molecular formula is C23H15Cl3F7N5O. The van der Waals surface area contributed by atoms with Gasteiger partial charge in [-0.2, -0.15) is 26.3 Å². The number of halogens is 10. The van der Waals surface area contributed by atoms with Gasteiger partial charge in [0.2, 0.25) is 5.95 Å². The van der Waals surface area contributed by atoms with E-state index in [0.717, 1.165) is 23.2 Å². The zero-order valence-corrected chi connectivity index (χ0v) is 21.6. The van der Waals surface area contributed by atoms with Crippen LogP contribution < -0.4 is 16.2 Å². The molecule has 1 aromatic heterocycles. The van der Waals surface area contributed by atoms with Crippen molar-refractivity contribution in [1.29, 1.82) is 0 Å². The number of carbonyl (C=O) groups is 1. The Morgan fingerprint density at radius 3 is 2.10 bits per heavy atom. The Hall–Kier alpha value is -3.29. The Morgan fingerprint density at radius 1 is 1.03 bits per heavy atom. The molecule has 0 fully saturated rings. The van der Waals surface area contributed by atoms with E-state index >= 15 is 4.39 Å². The minimum absolute atomic E-state index is 0.0668. The van der Waals surface area contributed by atoms with Gasteiger partial charge in [-0.25, -0.2) is 14.4 Å². The van der Waals surface area contributed by atoms with E-state index in [-0.39, 0.29) is 38.8 Å². The van der Waals surface area contributed by atoms with Crippen molar-refractivity contribution < 1.29 is 35.5 Å². The highest BCUT2D eigenvalue weighted by Crippen LogP contribution is 2.42. The maximum atomic E-state index is 15.0. The summed E-state index contributed by atoms with van der Waals surface area (Å²) >= 11 is 17.3. The molecule has 0 aliphatic heterocycles. The first kappa shape index (κ1) is 30.3. The highest BCUT2D eigenvalue weighted by Gasteiger charge is 2.41. The van der Waals surface area contributed by atoms with Gasteiger partial charge in [0.15, 0.2) is 0 Å². The van der Waals surface area contributed by atoms with Crippen LogP contribution in [-0.4, -0.2) is 29.1 Å². The second-order valence-corrected chi connectivity index (χ2v) is 9.10. The number of benzene rings is 2. The number of nitrogens with one attached hydrogen (secondary N) is 1. The normalized spacial score (nSPS) is 13.3. The number of carbonyl (C=O) groups excluding carboxylic acids is 1. The van der Waals surface area contributed by atoms with Gasteiger partial charge in [0.25, 0.3) is 5.91 Å². The van der Waals surface area contributed by atoms with Gasteiger partial charge in [-0.15, -0.1) is 0 Å². The van der Waals surface area contributed by atoms with E-state index < -0.39 is 52.3 Å². The maximum Gasteiger partial charge on any atom is 0.417 e. The number of nitrogens with two attached hydrogens (primary N) is 1. The first-order chi connectivity index (χ1) is 18.0. The third kappa shape index (κ3) is 7.22. The second-order valence-electron chi connectivity index (χ2n) is 7.91. The lowest BCUT2D eigenvalue weighted by Crippen LogP contribution is -2.41. The summed E-state index contributed by atoms with van der Waals surface area (Å²) in [5.74, 6) is -5.68. The van der Waals surface area contributed by atoms with Crippen LogP contribution >= 0.6 is 34.8 Å². The lowest BCUT2D eigenvalue weighted by atomic mass is 9.95. The smallest absolute Gasteiger partial charge is 0.396 e. The molecule has 0 bridgehead atoms. The molecule has 1 heterocycles. The zero-order chi connectivity index (χ0) is 29.3. The van der Waals surface area contributed by atoms with Crippen molar-refractivity contribution in [2.75, 3.05) is 17.8 Å². The van der Waals surface area contributed by atoms with Gasteiger partial charge < -0.3 is 5.73 Å². The number of amides is 1. The van der Waals surface area contributed by atoms with E-state index in [1.807, 2.05) is 0 Å². The summed E-state index contributed by atoms with van der Waals surface area (Å²) in [5.41, 5.74) is 3.76. The van der Waals surface area contributed by atoms with Crippen LogP contribution in [0.5, 0.6) is 0 Å². The summed E-state index contributed by atoms with van der Waals surface area (Å²) in [4.78, 5) is 20.2. The topological polar surface area (TPSA) is 84.1 Å². The molecule has 3 aromatic rings. The molecule has 39 heavy (non-hydrogen) atoms. The fourth-order valence-corrected chi connectivity index (χ4v) is 3.88. The van der Waals surface area contributed by atoms with Crippen LogP contribution in [0, 0.1) is 0 Å². The molecule has 6 nitrogen and oxygen atoms in total. The number of nitrogens with zero attached hydrogens (tertiary/aromatic N) is 3. The number of hydrogen-bond acceptors (Lipinski definition) is 5. The van der Waals surface area contributed by atoms with Crippen molar-refractivity contribution in [2.24, 2.45) is 0 Å². The van der Waals surface area contributed by atoms with Gasteiger partial charge in [-0.05, 0) is 35.9 Å². The molecule has 1 unspecified atom stereocenters. The van der Waals surface area contributed by atoms with Crippen LogP contribution in [0.2, 0.25) is 15.1 Å². The third-order valence-electron chi connectivity index (χ3n) is 5.10. The number of anilines is 2. The van der Waals surface area contributed by atoms with E-state index in [9.17, 15) is 31.1 Å². The van der Waals surface area contributed by atoms with Gasteiger partial charge in [0.05, 0.1) is 44.3 Å². The van der Waals surface area contributed by atoms with Crippen molar-refractivity contribution in [2.45, 2.75) is 18.3 Å². The number of hydrazine groups is 1. The summed E-state index contributed by atoms with van der Waals surface area (Å²) in [7, 11) is 1.24. The molecule has 3 rings (SSSR count). The average Bonchev–Trinajstić information content (AvgIpc) is 2.84. The maximum absolute atomic E-state index is 15.0.